The molecule has 1 aliphatic carbocycles. The summed E-state index contributed by atoms with van der Waals surface area (Å²) in [5.74, 6) is 1.69. The zero-order chi connectivity index (χ0) is 31.4. The number of benzene rings is 2. The van der Waals surface area contributed by atoms with Gasteiger partial charge in [0.15, 0.2) is 0 Å². The maximum absolute atomic E-state index is 13.3. The van der Waals surface area contributed by atoms with E-state index in [9.17, 15) is 4.79 Å². The van der Waals surface area contributed by atoms with Crippen molar-refractivity contribution in [2.75, 3.05) is 41.5 Å². The van der Waals surface area contributed by atoms with Crippen LogP contribution in [-0.2, 0) is 0 Å². The summed E-state index contributed by atoms with van der Waals surface area (Å²) in [7, 11) is 7.31. The van der Waals surface area contributed by atoms with Gasteiger partial charge in [-0.15, -0.1) is 0 Å². The van der Waals surface area contributed by atoms with Gasteiger partial charge in [0.05, 0.1) is 37.1 Å². The number of hydrogen-bond donors (Lipinski definition) is 3. The van der Waals surface area contributed by atoms with E-state index in [1.54, 1.807) is 26.4 Å². The fraction of sp³-hybridized carbons (Fsp3) is 0.406. The molecule has 1 aliphatic rings. The predicted octanol–water partition coefficient (Wildman–Crippen LogP) is 6.70. The molecule has 0 saturated heterocycles. The highest BCUT2D eigenvalue weighted by molar-refractivity contribution is 6.32. The molecule has 2 aromatic carbocycles. The van der Waals surface area contributed by atoms with Crippen LogP contribution in [0.4, 0.5) is 4.79 Å². The van der Waals surface area contributed by atoms with Crippen LogP contribution in [0, 0.1) is 0 Å². The molecule has 0 unspecified atom stereocenters. The van der Waals surface area contributed by atoms with Gasteiger partial charge in [-0.25, -0.2) is 9.78 Å². The minimum Gasteiger partial charge on any atom is -0.496 e. The van der Waals surface area contributed by atoms with Crippen molar-refractivity contribution in [2.45, 2.75) is 44.6 Å². The monoisotopic (exact) mass is 613 g/mol. The molecule has 43 heavy (non-hydrogen) atoms. The number of carboxylic acid groups (broad SMARTS) is 2. The molecule has 1 heterocycles. The zero-order valence-electron chi connectivity index (χ0n) is 25.1. The Balaban J connectivity index is 0.00000119. The van der Waals surface area contributed by atoms with E-state index in [0.29, 0.717) is 40.3 Å². The third kappa shape index (κ3) is 9.76. The number of pyridine rings is 1. The summed E-state index contributed by atoms with van der Waals surface area (Å²) in [4.78, 5) is 28.8. The lowest BCUT2D eigenvalue weighted by atomic mass is 9.95. The van der Waals surface area contributed by atoms with Crippen molar-refractivity contribution >= 4 is 23.7 Å². The Morgan fingerprint density at radius 2 is 1.63 bits per heavy atom. The van der Waals surface area contributed by atoms with Gasteiger partial charge in [-0.05, 0) is 69.8 Å². The topological polar surface area (TPSA) is 130 Å². The van der Waals surface area contributed by atoms with Crippen molar-refractivity contribution in [3.63, 3.8) is 0 Å². The number of nitrogens with zero attached hydrogens (tertiary/aromatic N) is 2. The van der Waals surface area contributed by atoms with E-state index >= 15 is 0 Å². The maximum Gasteiger partial charge on any atom is 0.503 e. The van der Waals surface area contributed by atoms with Gasteiger partial charge in [-0.2, -0.15) is 0 Å². The summed E-state index contributed by atoms with van der Waals surface area (Å²) in [6, 6.07) is 15.1. The Labute approximate surface area is 257 Å². The molecule has 0 spiro atoms. The molecular formula is C32H40ClN3O7. The van der Waals surface area contributed by atoms with Gasteiger partial charge in [-0.3, -0.25) is 4.79 Å². The van der Waals surface area contributed by atoms with Gasteiger partial charge in [0, 0.05) is 23.7 Å². The number of amides is 1. The van der Waals surface area contributed by atoms with E-state index in [0.717, 1.165) is 55.3 Å². The van der Waals surface area contributed by atoms with Crippen molar-refractivity contribution in [3.8, 4) is 39.6 Å². The van der Waals surface area contributed by atoms with E-state index in [-0.39, 0.29) is 11.9 Å². The summed E-state index contributed by atoms with van der Waals surface area (Å²) < 4.78 is 17.5. The second-order valence-corrected chi connectivity index (χ2v) is 10.8. The summed E-state index contributed by atoms with van der Waals surface area (Å²) in [6.45, 7) is 1.45. The number of halogens is 1. The van der Waals surface area contributed by atoms with Gasteiger partial charge in [-0.1, -0.05) is 43.0 Å². The molecule has 232 valence electrons. The first-order chi connectivity index (χ1) is 20.6. The molecule has 3 N–H and O–H groups in total. The normalized spacial score (nSPS) is 13.1. The van der Waals surface area contributed by atoms with Gasteiger partial charge in [0.2, 0.25) is 0 Å². The molecule has 0 radical (unpaired) electrons. The summed E-state index contributed by atoms with van der Waals surface area (Å²) in [5, 5.41) is 17.6. The second kappa shape index (κ2) is 16.6. The van der Waals surface area contributed by atoms with E-state index in [2.05, 4.69) is 10.2 Å². The molecule has 1 fully saturated rings. The lowest BCUT2D eigenvalue weighted by Crippen LogP contribution is -2.36. The molecule has 1 aromatic heterocycles. The van der Waals surface area contributed by atoms with Crippen LogP contribution < -0.4 is 19.5 Å². The minimum atomic E-state index is -1.83. The number of nitrogens with one attached hydrogen (secondary N) is 1. The number of aromatic nitrogens is 1. The summed E-state index contributed by atoms with van der Waals surface area (Å²) >= 11 is 6.51. The van der Waals surface area contributed by atoms with Crippen molar-refractivity contribution in [1.82, 2.24) is 15.2 Å². The summed E-state index contributed by atoms with van der Waals surface area (Å²) in [5.41, 5.74) is 3.28. The first kappa shape index (κ1) is 33.5. The molecule has 3 aromatic rings. The van der Waals surface area contributed by atoms with Crippen LogP contribution in [0.15, 0.2) is 48.5 Å². The Bertz CT molecular complexity index is 1350. The highest BCUT2D eigenvalue weighted by Gasteiger charge is 2.23. The van der Waals surface area contributed by atoms with Gasteiger partial charge in [0.1, 0.15) is 22.9 Å². The van der Waals surface area contributed by atoms with Crippen LogP contribution in [0.3, 0.4) is 0 Å². The average molecular weight is 614 g/mol. The van der Waals surface area contributed by atoms with E-state index in [1.165, 1.54) is 6.42 Å². The average Bonchev–Trinajstić information content (AvgIpc) is 2.99. The van der Waals surface area contributed by atoms with Crippen molar-refractivity contribution in [2.24, 2.45) is 0 Å². The van der Waals surface area contributed by atoms with Crippen LogP contribution in [0.5, 0.6) is 17.2 Å². The molecule has 4 rings (SSSR count). The molecule has 1 amide bonds. The van der Waals surface area contributed by atoms with E-state index in [4.69, 9.17) is 45.8 Å². The molecular weight excluding hydrogens is 574 g/mol. The third-order valence-corrected chi connectivity index (χ3v) is 7.29. The minimum absolute atomic E-state index is 0.171. The van der Waals surface area contributed by atoms with Crippen LogP contribution in [0.1, 0.15) is 49.0 Å². The third-order valence-electron chi connectivity index (χ3n) is 6.98. The van der Waals surface area contributed by atoms with Crippen molar-refractivity contribution < 1.29 is 34.0 Å². The van der Waals surface area contributed by atoms with Gasteiger partial charge < -0.3 is 34.6 Å². The Kier molecular flexibility index (Phi) is 12.9. The number of carbonyl (C=O) groups is 2. The Hall–Kier alpha value is -4.02. The quantitative estimate of drug-likeness (QED) is 0.202. The van der Waals surface area contributed by atoms with Gasteiger partial charge in [0.25, 0.3) is 5.91 Å². The highest BCUT2D eigenvalue weighted by atomic mass is 35.5. The number of rotatable bonds is 11. The number of ether oxygens (including phenoxy) is 3. The second-order valence-electron chi connectivity index (χ2n) is 10.4. The predicted molar refractivity (Wildman–Crippen MR) is 167 cm³/mol. The van der Waals surface area contributed by atoms with Crippen LogP contribution in [0.25, 0.3) is 22.4 Å². The Morgan fingerprint density at radius 1 is 0.977 bits per heavy atom. The lowest BCUT2D eigenvalue weighted by molar-refractivity contribution is 0.0922. The molecule has 0 aliphatic heterocycles. The standard InChI is InChI=1S/C31H38ClN3O4.CH2O3/c1-35(2)18-9-19-39-28-20-21(14-16-24(28)32)30-23(29-26(37-3)12-8-13-27(29)38-4)15-17-25(34-30)31(36)33-22-10-6-5-7-11-22;2-1(3)4/h8,12-17,20,22H,5-7,9-11,18-19H2,1-4H3,(H,33,36);(H2,2,3,4). The van der Waals surface area contributed by atoms with E-state index in [1.807, 2.05) is 50.5 Å². The van der Waals surface area contributed by atoms with Gasteiger partial charge >= 0.3 is 6.16 Å². The lowest BCUT2D eigenvalue weighted by Gasteiger charge is -2.23. The van der Waals surface area contributed by atoms with Crippen LogP contribution in [0.2, 0.25) is 5.02 Å². The fourth-order valence-electron chi connectivity index (χ4n) is 4.95. The smallest absolute Gasteiger partial charge is 0.496 e. The molecule has 1 saturated carbocycles. The SMILES string of the molecule is COc1cccc(OC)c1-c1ccc(C(=O)NC2CCCCC2)nc1-c1ccc(Cl)c(OCCCN(C)C)c1.O=C(O)O. The fourth-order valence-corrected chi connectivity index (χ4v) is 5.13. The highest BCUT2D eigenvalue weighted by Crippen LogP contribution is 2.43. The summed E-state index contributed by atoms with van der Waals surface area (Å²) in [6.07, 6.45) is 4.53. The van der Waals surface area contributed by atoms with E-state index < -0.39 is 6.16 Å². The molecule has 10 nitrogen and oxygen atoms in total. The first-order valence-corrected chi connectivity index (χ1v) is 14.5. The first-order valence-electron chi connectivity index (χ1n) is 14.2. The zero-order valence-corrected chi connectivity index (χ0v) is 25.8. The van der Waals surface area contributed by atoms with Crippen LogP contribution in [-0.4, -0.2) is 79.7 Å². The number of carbonyl (C=O) groups excluding carboxylic acids is 1. The molecule has 11 heteroatoms. The molecule has 0 atom stereocenters. The van der Waals surface area contributed by atoms with Crippen molar-refractivity contribution in [3.05, 3.63) is 59.2 Å². The van der Waals surface area contributed by atoms with Crippen LogP contribution >= 0.6 is 11.6 Å². The molecule has 0 bridgehead atoms. The number of hydrogen-bond acceptors (Lipinski definition) is 7. The largest absolute Gasteiger partial charge is 0.503 e. The van der Waals surface area contributed by atoms with Crippen molar-refractivity contribution in [1.29, 1.82) is 0 Å². The number of methoxy groups -OCH3 is 2. The Morgan fingerprint density at radius 3 is 2.23 bits per heavy atom. The maximum atomic E-state index is 13.3.